The lowest BCUT2D eigenvalue weighted by Gasteiger charge is -2.04. The van der Waals surface area contributed by atoms with Crippen molar-refractivity contribution in [3.63, 3.8) is 0 Å². The second-order valence-corrected chi connectivity index (χ2v) is 4.30. The summed E-state index contributed by atoms with van der Waals surface area (Å²) in [7, 11) is 0. The lowest BCUT2D eigenvalue weighted by molar-refractivity contribution is 0.102. The van der Waals surface area contributed by atoms with E-state index >= 15 is 0 Å². The first-order valence-corrected chi connectivity index (χ1v) is 5.37. The molecule has 0 saturated carbocycles. The SMILES string of the molecule is C/C=C(\C)C(=O)c1cc(I)cc(F)c1F. The summed E-state index contributed by atoms with van der Waals surface area (Å²) in [6, 6.07) is 2.39. The van der Waals surface area contributed by atoms with E-state index in [9.17, 15) is 13.6 Å². The summed E-state index contributed by atoms with van der Waals surface area (Å²) in [6.45, 7) is 3.24. The fraction of sp³-hybridized carbons (Fsp3) is 0.182. The maximum atomic E-state index is 13.3. The summed E-state index contributed by atoms with van der Waals surface area (Å²) in [5, 5.41) is 0. The van der Waals surface area contributed by atoms with Crippen molar-refractivity contribution < 1.29 is 13.6 Å². The zero-order chi connectivity index (χ0) is 11.6. The van der Waals surface area contributed by atoms with E-state index in [2.05, 4.69) is 0 Å². The Bertz CT molecular complexity index is 438. The van der Waals surface area contributed by atoms with Gasteiger partial charge < -0.3 is 0 Å². The number of benzene rings is 1. The first-order valence-electron chi connectivity index (χ1n) is 4.29. The number of carbonyl (C=O) groups excluding carboxylic acids is 1. The van der Waals surface area contributed by atoms with Crippen molar-refractivity contribution in [2.45, 2.75) is 13.8 Å². The van der Waals surface area contributed by atoms with Gasteiger partial charge in [-0.2, -0.15) is 0 Å². The molecule has 15 heavy (non-hydrogen) atoms. The number of Topliss-reactive ketones (excluding diaryl/α,β-unsaturated/α-hetero) is 1. The monoisotopic (exact) mass is 322 g/mol. The van der Waals surface area contributed by atoms with Gasteiger partial charge in [-0.25, -0.2) is 8.78 Å². The normalized spacial score (nSPS) is 11.7. The van der Waals surface area contributed by atoms with Gasteiger partial charge in [-0.3, -0.25) is 4.79 Å². The van der Waals surface area contributed by atoms with Crippen molar-refractivity contribution in [2.24, 2.45) is 0 Å². The fourth-order valence-electron chi connectivity index (χ4n) is 1.06. The molecule has 0 radical (unpaired) electrons. The van der Waals surface area contributed by atoms with Crippen LogP contribution in [0.25, 0.3) is 0 Å². The van der Waals surface area contributed by atoms with Crippen molar-refractivity contribution in [3.05, 3.63) is 44.5 Å². The van der Waals surface area contributed by atoms with Gasteiger partial charge >= 0.3 is 0 Å². The standard InChI is InChI=1S/C11H9F2IO/c1-3-6(2)11(15)8-4-7(14)5-9(12)10(8)13/h3-5H,1-2H3/b6-3+. The van der Waals surface area contributed by atoms with Gasteiger partial charge in [-0.1, -0.05) is 6.08 Å². The third-order valence-electron chi connectivity index (χ3n) is 2.03. The zero-order valence-corrected chi connectivity index (χ0v) is 10.4. The molecule has 80 valence electrons. The summed E-state index contributed by atoms with van der Waals surface area (Å²) in [5.74, 6) is -2.55. The molecule has 4 heteroatoms. The molecule has 1 rings (SSSR count). The molecule has 0 aliphatic carbocycles. The summed E-state index contributed by atoms with van der Waals surface area (Å²) < 4.78 is 26.8. The highest BCUT2D eigenvalue weighted by Crippen LogP contribution is 2.19. The predicted octanol–water partition coefficient (Wildman–Crippen LogP) is 3.72. The second-order valence-electron chi connectivity index (χ2n) is 3.05. The van der Waals surface area contributed by atoms with Crippen molar-refractivity contribution >= 4 is 28.4 Å². The Hall–Kier alpha value is -0.780. The molecule has 1 nitrogen and oxygen atoms in total. The van der Waals surface area contributed by atoms with E-state index in [-0.39, 0.29) is 5.56 Å². The van der Waals surface area contributed by atoms with Crippen molar-refractivity contribution in [1.82, 2.24) is 0 Å². The molecule has 0 atom stereocenters. The van der Waals surface area contributed by atoms with Crippen LogP contribution in [0, 0.1) is 15.2 Å². The van der Waals surface area contributed by atoms with Gasteiger partial charge in [0.2, 0.25) is 0 Å². The predicted molar refractivity (Wildman–Crippen MR) is 62.8 cm³/mol. The molecule has 0 heterocycles. The van der Waals surface area contributed by atoms with E-state index < -0.39 is 17.4 Å². The Morgan fingerprint density at radius 2 is 2.00 bits per heavy atom. The molecular formula is C11H9F2IO. The molecule has 1 aromatic rings. The van der Waals surface area contributed by atoms with E-state index in [0.29, 0.717) is 9.14 Å². The van der Waals surface area contributed by atoms with Gasteiger partial charge in [0, 0.05) is 3.57 Å². The Morgan fingerprint density at radius 1 is 1.40 bits per heavy atom. The van der Waals surface area contributed by atoms with E-state index in [1.165, 1.54) is 6.07 Å². The Labute approximate surface area is 100 Å². The van der Waals surface area contributed by atoms with Crippen LogP contribution in [0.15, 0.2) is 23.8 Å². The van der Waals surface area contributed by atoms with Gasteiger partial charge in [0.05, 0.1) is 5.56 Å². The highest BCUT2D eigenvalue weighted by Gasteiger charge is 2.17. The number of ketones is 1. The van der Waals surface area contributed by atoms with Gasteiger partial charge in [-0.15, -0.1) is 0 Å². The topological polar surface area (TPSA) is 17.1 Å². The van der Waals surface area contributed by atoms with Crippen LogP contribution in [0.4, 0.5) is 8.78 Å². The average molecular weight is 322 g/mol. The van der Waals surface area contributed by atoms with Crippen molar-refractivity contribution in [2.75, 3.05) is 0 Å². The van der Waals surface area contributed by atoms with Crippen LogP contribution < -0.4 is 0 Å². The molecule has 0 aliphatic heterocycles. The minimum absolute atomic E-state index is 0.213. The minimum Gasteiger partial charge on any atom is -0.289 e. The number of allylic oxidation sites excluding steroid dienone is 2. The minimum atomic E-state index is -1.08. The van der Waals surface area contributed by atoms with Gasteiger partial charge in [0.15, 0.2) is 17.4 Å². The smallest absolute Gasteiger partial charge is 0.191 e. The summed E-state index contributed by atoms with van der Waals surface area (Å²) >= 11 is 1.84. The van der Waals surface area contributed by atoms with Crippen LogP contribution in [0.3, 0.4) is 0 Å². The number of rotatable bonds is 2. The quantitative estimate of drug-likeness (QED) is 0.351. The van der Waals surface area contributed by atoms with E-state index in [0.717, 1.165) is 6.07 Å². The van der Waals surface area contributed by atoms with Gasteiger partial charge in [0.25, 0.3) is 0 Å². The lowest BCUT2D eigenvalue weighted by atomic mass is 10.0. The Morgan fingerprint density at radius 3 is 2.53 bits per heavy atom. The molecule has 0 bridgehead atoms. The van der Waals surface area contributed by atoms with E-state index in [1.807, 2.05) is 22.6 Å². The maximum Gasteiger partial charge on any atom is 0.191 e. The molecular weight excluding hydrogens is 313 g/mol. The molecule has 0 N–H and O–H groups in total. The molecule has 0 fully saturated rings. The van der Waals surface area contributed by atoms with Crippen LogP contribution in [0.2, 0.25) is 0 Å². The van der Waals surface area contributed by atoms with Crippen molar-refractivity contribution in [1.29, 1.82) is 0 Å². The molecule has 0 amide bonds. The summed E-state index contributed by atoms with van der Waals surface area (Å²) in [5.41, 5.74) is 0.185. The third kappa shape index (κ3) is 2.62. The molecule has 1 aromatic carbocycles. The van der Waals surface area contributed by atoms with Gasteiger partial charge in [0.1, 0.15) is 0 Å². The molecule has 0 spiro atoms. The van der Waals surface area contributed by atoms with Crippen molar-refractivity contribution in [3.8, 4) is 0 Å². The van der Waals surface area contributed by atoms with Crippen LogP contribution in [-0.2, 0) is 0 Å². The van der Waals surface area contributed by atoms with E-state index in [1.54, 1.807) is 19.9 Å². The molecule has 0 aliphatic rings. The third-order valence-corrected chi connectivity index (χ3v) is 2.65. The summed E-state index contributed by atoms with van der Waals surface area (Å²) in [6.07, 6.45) is 1.57. The first-order chi connectivity index (χ1) is 6.97. The molecule has 0 unspecified atom stereocenters. The average Bonchev–Trinajstić information content (AvgIpc) is 2.21. The second kappa shape index (κ2) is 4.83. The largest absolute Gasteiger partial charge is 0.289 e. The Balaban J connectivity index is 3.32. The number of halogens is 3. The number of hydrogen-bond acceptors (Lipinski definition) is 1. The van der Waals surface area contributed by atoms with Crippen LogP contribution in [0.1, 0.15) is 24.2 Å². The van der Waals surface area contributed by atoms with Crippen LogP contribution >= 0.6 is 22.6 Å². The molecule has 0 aromatic heterocycles. The van der Waals surface area contributed by atoms with E-state index in [4.69, 9.17) is 0 Å². The highest BCUT2D eigenvalue weighted by molar-refractivity contribution is 14.1. The summed E-state index contributed by atoms with van der Waals surface area (Å²) in [4.78, 5) is 11.6. The number of hydrogen-bond donors (Lipinski definition) is 0. The highest BCUT2D eigenvalue weighted by atomic mass is 127. The lowest BCUT2D eigenvalue weighted by Crippen LogP contribution is -2.06. The number of carbonyl (C=O) groups is 1. The van der Waals surface area contributed by atoms with Crippen LogP contribution in [-0.4, -0.2) is 5.78 Å². The fourth-order valence-corrected chi connectivity index (χ4v) is 1.65. The first kappa shape index (κ1) is 12.3. The van der Waals surface area contributed by atoms with Crippen LogP contribution in [0.5, 0.6) is 0 Å². The van der Waals surface area contributed by atoms with Gasteiger partial charge in [-0.05, 0) is 54.1 Å². The molecule has 0 saturated heterocycles. The Kier molecular flexibility index (Phi) is 3.96. The maximum absolute atomic E-state index is 13.3. The zero-order valence-electron chi connectivity index (χ0n) is 8.27.